The van der Waals surface area contributed by atoms with E-state index in [9.17, 15) is 19.5 Å². The second-order valence-corrected chi connectivity index (χ2v) is 18.4. The maximum Gasteiger partial charge on any atom is 0.407 e. The highest BCUT2D eigenvalue weighted by Crippen LogP contribution is 2.77. The molecule has 10 nitrogen and oxygen atoms in total. The first-order chi connectivity index (χ1) is 23.1. The zero-order valence-corrected chi connectivity index (χ0v) is 31.0. The number of fused-ring (bicyclic) bond motifs is 7. The van der Waals surface area contributed by atoms with E-state index in [1.807, 2.05) is 0 Å². The van der Waals surface area contributed by atoms with Gasteiger partial charge < -0.3 is 35.1 Å². The van der Waals surface area contributed by atoms with Gasteiger partial charge in [-0.25, -0.2) is 9.59 Å². The molecule has 0 bridgehead atoms. The third-order valence-corrected chi connectivity index (χ3v) is 16.0. The Hall–Kier alpha value is -2.07. The molecule has 10 heteroatoms. The quantitative estimate of drug-likeness (QED) is 0.174. The second-order valence-electron chi connectivity index (χ2n) is 18.4. The van der Waals surface area contributed by atoms with Crippen molar-refractivity contribution in [2.45, 2.75) is 131 Å². The SMILES string of the molecule is CC(COC(=O)NCCOCCO)[C@@H]1CC[C@]2(C(=O)O)CC[C@]3(C)C(CCC4[C@@]5(C)CC[C@@H](OC(=O)NC6CC6)C(C)(C)C5CC[C@]43C)C12. The Morgan fingerprint density at radius 2 is 1.57 bits per heavy atom. The van der Waals surface area contributed by atoms with Gasteiger partial charge in [-0.05, 0) is 129 Å². The van der Waals surface area contributed by atoms with E-state index < -0.39 is 17.5 Å². The minimum absolute atomic E-state index is 0.0181. The van der Waals surface area contributed by atoms with Gasteiger partial charge in [0.25, 0.3) is 0 Å². The van der Waals surface area contributed by atoms with Crippen LogP contribution in [-0.4, -0.2) is 73.5 Å². The first-order valence-corrected chi connectivity index (χ1v) is 19.4. The number of hydrogen-bond acceptors (Lipinski definition) is 7. The molecule has 6 rings (SSSR count). The third-order valence-electron chi connectivity index (χ3n) is 16.0. The summed E-state index contributed by atoms with van der Waals surface area (Å²) < 4.78 is 17.0. The molecule has 2 amide bonds. The number of ether oxygens (including phenoxy) is 3. The molecule has 0 aromatic rings. The van der Waals surface area contributed by atoms with E-state index in [-0.39, 0.29) is 77.5 Å². The summed E-state index contributed by atoms with van der Waals surface area (Å²) >= 11 is 0. The van der Waals surface area contributed by atoms with Gasteiger partial charge in [-0.1, -0.05) is 41.5 Å². The zero-order chi connectivity index (χ0) is 35.4. The fraction of sp³-hybridized carbons (Fsp3) is 0.923. The molecule has 4 N–H and O–H groups in total. The number of carbonyl (C=O) groups excluding carboxylic acids is 2. The predicted octanol–water partition coefficient (Wildman–Crippen LogP) is 6.78. The van der Waals surface area contributed by atoms with Crippen molar-refractivity contribution < 1.29 is 38.8 Å². The number of aliphatic hydroxyl groups is 1. The van der Waals surface area contributed by atoms with Crippen molar-refractivity contribution in [2.24, 2.45) is 62.6 Å². The molecule has 6 aliphatic carbocycles. The summed E-state index contributed by atoms with van der Waals surface area (Å²) in [5.74, 6) is 0.958. The maximum absolute atomic E-state index is 13.2. The smallest absolute Gasteiger partial charge is 0.407 e. The largest absolute Gasteiger partial charge is 0.481 e. The lowest BCUT2D eigenvalue weighted by molar-refractivity contribution is -0.249. The second kappa shape index (κ2) is 13.5. The van der Waals surface area contributed by atoms with Gasteiger partial charge in [0.2, 0.25) is 0 Å². The highest BCUT2D eigenvalue weighted by Gasteiger charge is 2.72. The molecular weight excluding hydrogens is 624 g/mol. The first-order valence-electron chi connectivity index (χ1n) is 19.4. The summed E-state index contributed by atoms with van der Waals surface area (Å²) in [6, 6.07) is 0.286. The number of aliphatic hydroxyl groups excluding tert-OH is 1. The molecule has 0 spiro atoms. The minimum Gasteiger partial charge on any atom is -0.481 e. The monoisotopic (exact) mass is 688 g/mol. The number of hydrogen-bond donors (Lipinski definition) is 4. The molecular formula is C39H64N2O8. The van der Waals surface area contributed by atoms with Gasteiger partial charge in [-0.3, -0.25) is 4.79 Å². The molecule has 0 heterocycles. The molecule has 6 saturated carbocycles. The number of rotatable bonds is 11. The Kier molecular flexibility index (Phi) is 10.1. The van der Waals surface area contributed by atoms with Crippen LogP contribution >= 0.6 is 0 Å². The molecule has 11 atom stereocenters. The molecule has 49 heavy (non-hydrogen) atoms. The van der Waals surface area contributed by atoms with Crippen LogP contribution in [0.15, 0.2) is 0 Å². The van der Waals surface area contributed by atoms with Crippen molar-refractivity contribution in [3.8, 4) is 0 Å². The standard InChI is InChI=1S/C39H64N2O8/c1-24(23-48-33(45)40-19-21-47-22-20-42)26-11-16-39(32(43)44)18-17-37(5)27(31(26)39)9-10-29-36(4)14-13-30(49-34(46)41-25-7-8-25)35(2,3)28(36)12-15-38(29,37)6/h24-31,42H,7-23H2,1-6H3,(H,40,45)(H,41,46)(H,43,44)/t24?,26-,27?,28?,29?,30+,31?,36-,37+,38+,39-/m0/s1. The normalized spacial score (nSPS) is 42.8. The molecule has 0 aromatic heterocycles. The molecule has 0 aliphatic heterocycles. The van der Waals surface area contributed by atoms with E-state index in [2.05, 4.69) is 52.2 Å². The van der Waals surface area contributed by atoms with Crippen LogP contribution < -0.4 is 10.6 Å². The maximum atomic E-state index is 13.2. The zero-order valence-electron chi connectivity index (χ0n) is 31.0. The van der Waals surface area contributed by atoms with Gasteiger partial charge in [0.05, 0.1) is 31.8 Å². The van der Waals surface area contributed by atoms with Gasteiger partial charge in [0.15, 0.2) is 0 Å². The Balaban J connectivity index is 1.19. The number of alkyl carbamates (subject to hydrolysis) is 2. The lowest BCUT2D eigenvalue weighted by Crippen LogP contribution is -2.67. The van der Waals surface area contributed by atoms with Gasteiger partial charge in [0, 0.05) is 18.0 Å². The summed E-state index contributed by atoms with van der Waals surface area (Å²) in [5, 5.41) is 25.5. The minimum atomic E-state index is -0.710. The molecule has 0 aromatic carbocycles. The van der Waals surface area contributed by atoms with Crippen LogP contribution in [0.25, 0.3) is 0 Å². The summed E-state index contributed by atoms with van der Waals surface area (Å²) in [7, 11) is 0. The Bertz CT molecular complexity index is 1260. The summed E-state index contributed by atoms with van der Waals surface area (Å²) in [5.41, 5.74) is -0.597. The Labute approximate surface area is 293 Å². The molecule has 0 radical (unpaired) electrons. The van der Waals surface area contributed by atoms with E-state index in [1.165, 1.54) is 0 Å². The van der Waals surface area contributed by atoms with Crippen molar-refractivity contribution in [1.82, 2.24) is 10.6 Å². The van der Waals surface area contributed by atoms with Crippen molar-refractivity contribution in [2.75, 3.05) is 33.0 Å². The predicted molar refractivity (Wildman–Crippen MR) is 185 cm³/mol. The van der Waals surface area contributed by atoms with Crippen molar-refractivity contribution in [1.29, 1.82) is 0 Å². The van der Waals surface area contributed by atoms with Gasteiger partial charge in [-0.15, -0.1) is 0 Å². The molecule has 278 valence electrons. The topological polar surface area (TPSA) is 143 Å². The third kappa shape index (κ3) is 6.16. The number of amides is 2. The summed E-state index contributed by atoms with van der Waals surface area (Å²) in [6.07, 6.45) is 10.8. The number of aliphatic carboxylic acids is 1. The average molecular weight is 689 g/mol. The van der Waals surface area contributed by atoms with Crippen LogP contribution in [0.5, 0.6) is 0 Å². The fourth-order valence-corrected chi connectivity index (χ4v) is 13.2. The average Bonchev–Trinajstić information content (AvgIpc) is 3.76. The number of carboxylic acid groups (broad SMARTS) is 1. The van der Waals surface area contributed by atoms with Crippen LogP contribution in [0.1, 0.15) is 119 Å². The van der Waals surface area contributed by atoms with Gasteiger partial charge in [0.1, 0.15) is 6.10 Å². The van der Waals surface area contributed by atoms with E-state index >= 15 is 0 Å². The van der Waals surface area contributed by atoms with Crippen molar-refractivity contribution in [3.05, 3.63) is 0 Å². The fourth-order valence-electron chi connectivity index (χ4n) is 13.2. The van der Waals surface area contributed by atoms with Crippen LogP contribution in [-0.2, 0) is 19.0 Å². The molecule has 5 unspecified atom stereocenters. The first kappa shape index (κ1) is 36.7. The highest BCUT2D eigenvalue weighted by molar-refractivity contribution is 5.76. The number of carbonyl (C=O) groups is 3. The summed E-state index contributed by atoms with van der Waals surface area (Å²) in [4.78, 5) is 38.5. The van der Waals surface area contributed by atoms with Crippen LogP contribution in [0, 0.1) is 62.6 Å². The van der Waals surface area contributed by atoms with Gasteiger partial charge >= 0.3 is 18.2 Å². The molecule has 6 aliphatic rings. The van der Waals surface area contributed by atoms with Crippen LogP contribution in [0.4, 0.5) is 9.59 Å². The van der Waals surface area contributed by atoms with Gasteiger partial charge in [-0.2, -0.15) is 0 Å². The van der Waals surface area contributed by atoms with Crippen LogP contribution in [0.3, 0.4) is 0 Å². The lowest BCUT2D eigenvalue weighted by atomic mass is 9.32. The van der Waals surface area contributed by atoms with E-state index in [0.29, 0.717) is 37.3 Å². The van der Waals surface area contributed by atoms with Crippen molar-refractivity contribution in [3.63, 3.8) is 0 Å². The number of nitrogens with one attached hydrogen (secondary N) is 2. The molecule has 0 saturated heterocycles. The Morgan fingerprint density at radius 1 is 0.816 bits per heavy atom. The highest BCUT2D eigenvalue weighted by atomic mass is 16.6. The van der Waals surface area contributed by atoms with Crippen LogP contribution in [0.2, 0.25) is 0 Å². The van der Waals surface area contributed by atoms with E-state index in [4.69, 9.17) is 19.3 Å². The van der Waals surface area contributed by atoms with Crippen molar-refractivity contribution >= 4 is 18.2 Å². The van der Waals surface area contributed by atoms with E-state index in [0.717, 1.165) is 70.6 Å². The van der Waals surface area contributed by atoms with E-state index in [1.54, 1.807) is 0 Å². The Morgan fingerprint density at radius 3 is 2.27 bits per heavy atom. The summed E-state index contributed by atoms with van der Waals surface area (Å²) in [6.45, 7) is 15.5. The number of carboxylic acids is 1. The lowest BCUT2D eigenvalue weighted by Gasteiger charge is -2.72. The molecule has 6 fully saturated rings.